The first-order valence-corrected chi connectivity index (χ1v) is 8.05. The lowest BCUT2D eigenvalue weighted by molar-refractivity contribution is 0.0975. The molecule has 2 aromatic rings. The third-order valence-corrected chi connectivity index (χ3v) is 4.52. The zero-order valence-corrected chi connectivity index (χ0v) is 12.7. The Morgan fingerprint density at radius 2 is 2.14 bits per heavy atom. The predicted octanol–water partition coefficient (Wildman–Crippen LogP) is 4.72. The van der Waals surface area contributed by atoms with E-state index < -0.39 is 0 Å². The Kier molecular flexibility index (Phi) is 4.28. The van der Waals surface area contributed by atoms with Crippen molar-refractivity contribution in [2.45, 2.75) is 45.4 Å². The van der Waals surface area contributed by atoms with Crippen LogP contribution in [0.5, 0.6) is 5.75 Å². The van der Waals surface area contributed by atoms with Crippen molar-refractivity contribution in [2.75, 3.05) is 6.61 Å². The average Bonchev–Trinajstić information content (AvgIpc) is 3.14. The second-order valence-electron chi connectivity index (χ2n) is 5.96. The number of rotatable bonds is 6. The van der Waals surface area contributed by atoms with Crippen molar-refractivity contribution >= 4 is 16.7 Å². The van der Waals surface area contributed by atoms with Gasteiger partial charge >= 0.3 is 0 Å². The molecule has 0 saturated heterocycles. The van der Waals surface area contributed by atoms with Gasteiger partial charge in [0.25, 0.3) is 0 Å². The van der Waals surface area contributed by atoms with Crippen LogP contribution in [0.15, 0.2) is 24.4 Å². The van der Waals surface area contributed by atoms with E-state index in [9.17, 15) is 4.79 Å². The highest BCUT2D eigenvalue weighted by atomic mass is 16.5. The molecule has 1 aromatic carbocycles. The summed E-state index contributed by atoms with van der Waals surface area (Å²) in [6.07, 6.45) is 8.82. The SMILES string of the molecule is CCOc1ccc2[nH]cc(C(=O)CCC3CCCC3)c2c1. The number of nitrogens with one attached hydrogen (secondary N) is 1. The number of hydrogen-bond donors (Lipinski definition) is 1. The smallest absolute Gasteiger partial charge is 0.165 e. The summed E-state index contributed by atoms with van der Waals surface area (Å²) in [5.41, 5.74) is 1.81. The number of carbonyl (C=O) groups is 1. The number of Topliss-reactive ketones (excluding diaryl/α,β-unsaturated/α-hetero) is 1. The van der Waals surface area contributed by atoms with Crippen molar-refractivity contribution in [1.29, 1.82) is 0 Å². The summed E-state index contributed by atoms with van der Waals surface area (Å²) in [6.45, 7) is 2.61. The Morgan fingerprint density at radius 3 is 2.90 bits per heavy atom. The second-order valence-corrected chi connectivity index (χ2v) is 5.96. The van der Waals surface area contributed by atoms with E-state index in [-0.39, 0.29) is 5.78 Å². The topological polar surface area (TPSA) is 42.1 Å². The molecule has 0 aliphatic heterocycles. The number of ketones is 1. The van der Waals surface area contributed by atoms with Crippen molar-refractivity contribution in [1.82, 2.24) is 4.98 Å². The van der Waals surface area contributed by atoms with Gasteiger partial charge in [-0.15, -0.1) is 0 Å². The molecule has 3 heteroatoms. The standard InChI is InChI=1S/C18H23NO2/c1-2-21-14-8-9-17-15(11-14)16(12-19-17)18(20)10-7-13-5-3-4-6-13/h8-9,11-13,19H,2-7,10H2,1H3. The minimum Gasteiger partial charge on any atom is -0.494 e. The van der Waals surface area contributed by atoms with E-state index >= 15 is 0 Å². The number of aromatic nitrogens is 1. The van der Waals surface area contributed by atoms with Crippen LogP contribution >= 0.6 is 0 Å². The van der Waals surface area contributed by atoms with Crippen molar-refractivity contribution in [3.63, 3.8) is 0 Å². The maximum absolute atomic E-state index is 12.5. The normalized spacial score (nSPS) is 15.7. The highest BCUT2D eigenvalue weighted by molar-refractivity contribution is 6.08. The molecule has 1 aliphatic carbocycles. The van der Waals surface area contributed by atoms with Crippen LogP contribution in [0.2, 0.25) is 0 Å². The summed E-state index contributed by atoms with van der Waals surface area (Å²) in [4.78, 5) is 15.7. The fourth-order valence-corrected chi connectivity index (χ4v) is 3.36. The molecule has 0 bridgehead atoms. The molecule has 1 aliphatic rings. The van der Waals surface area contributed by atoms with Crippen LogP contribution in [0.3, 0.4) is 0 Å². The quantitative estimate of drug-likeness (QED) is 0.780. The summed E-state index contributed by atoms with van der Waals surface area (Å²) in [5.74, 6) is 1.84. The summed E-state index contributed by atoms with van der Waals surface area (Å²) in [7, 11) is 0. The summed E-state index contributed by atoms with van der Waals surface area (Å²) < 4.78 is 5.53. The van der Waals surface area contributed by atoms with E-state index in [0.29, 0.717) is 13.0 Å². The lowest BCUT2D eigenvalue weighted by Gasteiger charge is -2.07. The van der Waals surface area contributed by atoms with Crippen molar-refractivity contribution in [2.24, 2.45) is 5.92 Å². The second kappa shape index (κ2) is 6.33. The van der Waals surface area contributed by atoms with E-state index in [0.717, 1.165) is 34.6 Å². The fraction of sp³-hybridized carbons (Fsp3) is 0.500. The van der Waals surface area contributed by atoms with Crippen LogP contribution < -0.4 is 4.74 Å². The molecule has 3 rings (SSSR count). The number of aromatic amines is 1. The van der Waals surface area contributed by atoms with Crippen LogP contribution in [0.4, 0.5) is 0 Å². The molecule has 0 unspecified atom stereocenters. The van der Waals surface area contributed by atoms with Gasteiger partial charge in [-0.2, -0.15) is 0 Å². The Balaban J connectivity index is 1.75. The molecule has 1 aromatic heterocycles. The first kappa shape index (κ1) is 14.2. The molecule has 0 spiro atoms. The average molecular weight is 285 g/mol. The van der Waals surface area contributed by atoms with Crippen LogP contribution in [-0.2, 0) is 0 Å². The summed E-state index contributed by atoms with van der Waals surface area (Å²) in [5, 5.41) is 0.984. The predicted molar refractivity (Wildman–Crippen MR) is 85.0 cm³/mol. The van der Waals surface area contributed by atoms with Gasteiger partial charge in [-0.3, -0.25) is 4.79 Å². The zero-order valence-electron chi connectivity index (χ0n) is 12.7. The number of benzene rings is 1. The van der Waals surface area contributed by atoms with Gasteiger partial charge in [0.2, 0.25) is 0 Å². The zero-order chi connectivity index (χ0) is 14.7. The van der Waals surface area contributed by atoms with E-state index in [1.54, 1.807) is 0 Å². The van der Waals surface area contributed by atoms with Gasteiger partial charge in [0.1, 0.15) is 5.75 Å². The highest BCUT2D eigenvalue weighted by Gasteiger charge is 2.18. The Bertz CT molecular complexity index is 623. The molecule has 112 valence electrons. The van der Waals surface area contributed by atoms with Crippen molar-refractivity contribution in [3.05, 3.63) is 30.0 Å². The van der Waals surface area contributed by atoms with Gasteiger partial charge in [0.05, 0.1) is 6.61 Å². The van der Waals surface area contributed by atoms with E-state index in [1.807, 2.05) is 31.3 Å². The minimum atomic E-state index is 0.252. The molecule has 1 N–H and O–H groups in total. The third kappa shape index (κ3) is 3.12. The van der Waals surface area contributed by atoms with Crippen molar-refractivity contribution in [3.8, 4) is 5.75 Å². The largest absolute Gasteiger partial charge is 0.494 e. The number of H-pyrrole nitrogens is 1. The Labute approximate surface area is 125 Å². The number of fused-ring (bicyclic) bond motifs is 1. The van der Waals surface area contributed by atoms with Gasteiger partial charge in [-0.1, -0.05) is 25.7 Å². The first-order valence-electron chi connectivity index (χ1n) is 8.05. The van der Waals surface area contributed by atoms with Crippen LogP contribution in [-0.4, -0.2) is 17.4 Å². The molecule has 1 saturated carbocycles. The van der Waals surface area contributed by atoms with Gasteiger partial charge in [0, 0.05) is 29.1 Å². The molecule has 1 heterocycles. The number of carbonyl (C=O) groups excluding carboxylic acids is 1. The molecule has 0 atom stereocenters. The lowest BCUT2D eigenvalue weighted by atomic mass is 9.97. The highest BCUT2D eigenvalue weighted by Crippen LogP contribution is 2.30. The molecular formula is C18H23NO2. The van der Waals surface area contributed by atoms with Gasteiger partial charge in [0.15, 0.2) is 5.78 Å². The molecular weight excluding hydrogens is 262 g/mol. The van der Waals surface area contributed by atoms with Crippen LogP contribution in [0, 0.1) is 5.92 Å². The summed E-state index contributed by atoms with van der Waals surface area (Å²) in [6, 6.07) is 5.89. The molecule has 21 heavy (non-hydrogen) atoms. The van der Waals surface area contributed by atoms with Crippen LogP contribution in [0.25, 0.3) is 10.9 Å². The number of hydrogen-bond acceptors (Lipinski definition) is 2. The van der Waals surface area contributed by atoms with Gasteiger partial charge in [-0.25, -0.2) is 0 Å². The van der Waals surface area contributed by atoms with E-state index in [4.69, 9.17) is 4.74 Å². The van der Waals surface area contributed by atoms with E-state index in [2.05, 4.69) is 4.98 Å². The first-order chi connectivity index (χ1) is 10.3. The monoisotopic (exact) mass is 285 g/mol. The number of ether oxygens (including phenoxy) is 1. The summed E-state index contributed by atoms with van der Waals surface area (Å²) >= 11 is 0. The van der Waals surface area contributed by atoms with Crippen LogP contribution in [0.1, 0.15) is 55.8 Å². The molecule has 3 nitrogen and oxygen atoms in total. The maximum Gasteiger partial charge on any atom is 0.165 e. The molecule has 1 fully saturated rings. The minimum absolute atomic E-state index is 0.252. The lowest BCUT2D eigenvalue weighted by Crippen LogP contribution is -2.02. The fourth-order valence-electron chi connectivity index (χ4n) is 3.36. The Hall–Kier alpha value is -1.77. The Morgan fingerprint density at radius 1 is 1.33 bits per heavy atom. The third-order valence-electron chi connectivity index (χ3n) is 4.52. The van der Waals surface area contributed by atoms with E-state index in [1.165, 1.54) is 25.7 Å². The molecule has 0 radical (unpaired) electrons. The van der Waals surface area contributed by atoms with Gasteiger partial charge < -0.3 is 9.72 Å². The molecule has 0 amide bonds. The van der Waals surface area contributed by atoms with Crippen molar-refractivity contribution < 1.29 is 9.53 Å². The van der Waals surface area contributed by atoms with Gasteiger partial charge in [-0.05, 0) is 37.5 Å². The maximum atomic E-state index is 12.5.